The van der Waals surface area contributed by atoms with Crippen molar-refractivity contribution in [1.29, 1.82) is 0 Å². The van der Waals surface area contributed by atoms with Crippen LogP contribution in [0.1, 0.15) is 21.9 Å². The van der Waals surface area contributed by atoms with Crippen molar-refractivity contribution in [2.75, 3.05) is 0 Å². The van der Waals surface area contributed by atoms with Crippen molar-refractivity contribution in [2.24, 2.45) is 0 Å². The van der Waals surface area contributed by atoms with Crippen LogP contribution in [0.2, 0.25) is 0 Å². The highest BCUT2D eigenvalue weighted by molar-refractivity contribution is 7.99. The smallest absolute Gasteiger partial charge is 0.0343 e. The molecule has 1 heteroatoms. The lowest BCUT2D eigenvalue weighted by Gasteiger charge is -2.11. The molecule has 1 aliphatic heterocycles. The van der Waals surface area contributed by atoms with E-state index in [4.69, 9.17) is 0 Å². The van der Waals surface area contributed by atoms with Crippen molar-refractivity contribution in [2.45, 2.75) is 17.4 Å². The minimum atomic E-state index is 0.618. The van der Waals surface area contributed by atoms with Crippen molar-refractivity contribution < 1.29 is 0 Å². The number of thioether (sulfide) groups is 1. The number of hydrogen-bond donors (Lipinski definition) is 0. The van der Waals surface area contributed by atoms with Gasteiger partial charge in [-0.25, -0.2) is 0 Å². The van der Waals surface area contributed by atoms with E-state index in [2.05, 4.69) is 78.5 Å². The molecule has 3 aromatic carbocycles. The van der Waals surface area contributed by atoms with Crippen LogP contribution in [0.15, 0.2) is 66.7 Å². The minimum absolute atomic E-state index is 0.618. The summed E-state index contributed by atoms with van der Waals surface area (Å²) >= 11 is 2.07. The van der Waals surface area contributed by atoms with Gasteiger partial charge in [0.1, 0.15) is 0 Å². The van der Waals surface area contributed by atoms with Crippen LogP contribution in [0.25, 0.3) is 10.8 Å². The molecular weight excluding hydrogens is 260 g/mol. The van der Waals surface area contributed by atoms with Crippen molar-refractivity contribution in [3.63, 3.8) is 0 Å². The molecule has 0 saturated heterocycles. The van der Waals surface area contributed by atoms with Crippen LogP contribution in [-0.4, -0.2) is 0 Å². The summed E-state index contributed by atoms with van der Waals surface area (Å²) in [6, 6.07) is 24.3. The lowest BCUT2D eigenvalue weighted by molar-refractivity contribution is 0.943. The van der Waals surface area contributed by atoms with Gasteiger partial charge >= 0.3 is 0 Å². The highest BCUT2D eigenvalue weighted by Gasteiger charge is 2.22. The van der Waals surface area contributed by atoms with Crippen molar-refractivity contribution in [3.05, 3.63) is 83.4 Å². The molecule has 20 heavy (non-hydrogen) atoms. The Balaban J connectivity index is 1.65. The third-order valence-electron chi connectivity index (χ3n) is 4.08. The van der Waals surface area contributed by atoms with Gasteiger partial charge in [0.15, 0.2) is 0 Å². The summed E-state index contributed by atoms with van der Waals surface area (Å²) in [6.07, 6.45) is 1.13. The average molecular weight is 276 g/mol. The fourth-order valence-electron chi connectivity index (χ4n) is 3.01. The second-order valence-electron chi connectivity index (χ2n) is 5.38. The maximum Gasteiger partial charge on any atom is 0.0343 e. The SMILES string of the molecule is c1ccc2c(c1)CS[C@H]2Cc1ccc2ccccc2c1. The van der Waals surface area contributed by atoms with Crippen LogP contribution in [0.5, 0.6) is 0 Å². The van der Waals surface area contributed by atoms with E-state index in [1.165, 1.54) is 27.5 Å². The maximum absolute atomic E-state index is 2.34. The Morgan fingerprint density at radius 2 is 1.65 bits per heavy atom. The quantitative estimate of drug-likeness (QED) is 0.606. The summed E-state index contributed by atoms with van der Waals surface area (Å²) in [7, 11) is 0. The van der Waals surface area contributed by atoms with Crippen LogP contribution in [-0.2, 0) is 12.2 Å². The Morgan fingerprint density at radius 3 is 2.60 bits per heavy atom. The van der Waals surface area contributed by atoms with Gasteiger partial charge in [0.25, 0.3) is 0 Å². The zero-order valence-electron chi connectivity index (χ0n) is 11.3. The molecule has 0 aliphatic carbocycles. The van der Waals surface area contributed by atoms with E-state index in [1.807, 2.05) is 0 Å². The summed E-state index contributed by atoms with van der Waals surface area (Å²) in [5, 5.41) is 3.30. The molecule has 0 saturated carbocycles. The topological polar surface area (TPSA) is 0 Å². The molecule has 4 rings (SSSR count). The normalized spacial score (nSPS) is 17.3. The Labute approximate surface area is 123 Å². The number of fused-ring (bicyclic) bond motifs is 2. The predicted octanol–water partition coefficient (Wildman–Crippen LogP) is 5.37. The Bertz CT molecular complexity index is 760. The first-order valence-corrected chi connectivity index (χ1v) is 8.12. The van der Waals surface area contributed by atoms with Crippen LogP contribution in [0.4, 0.5) is 0 Å². The summed E-state index contributed by atoms with van der Waals surface area (Å²) in [4.78, 5) is 0. The van der Waals surface area contributed by atoms with E-state index in [1.54, 1.807) is 0 Å². The van der Waals surface area contributed by atoms with Gasteiger partial charge in [-0.1, -0.05) is 66.7 Å². The van der Waals surface area contributed by atoms with E-state index < -0.39 is 0 Å². The number of hydrogen-bond acceptors (Lipinski definition) is 1. The van der Waals surface area contributed by atoms with E-state index in [0.717, 1.165) is 12.2 Å². The molecule has 0 aromatic heterocycles. The molecule has 0 nitrogen and oxygen atoms in total. The van der Waals surface area contributed by atoms with E-state index in [9.17, 15) is 0 Å². The van der Waals surface area contributed by atoms with Crippen LogP contribution >= 0.6 is 11.8 Å². The Kier molecular flexibility index (Phi) is 3.00. The van der Waals surface area contributed by atoms with Crippen LogP contribution in [0, 0.1) is 0 Å². The number of benzene rings is 3. The van der Waals surface area contributed by atoms with Crippen LogP contribution < -0.4 is 0 Å². The molecule has 0 radical (unpaired) electrons. The molecule has 1 heterocycles. The molecule has 98 valence electrons. The van der Waals surface area contributed by atoms with Gasteiger partial charge in [-0.05, 0) is 33.9 Å². The standard InChI is InChI=1S/C19H16S/c1-2-6-16-11-14(9-10-15(16)5-1)12-19-18-8-4-3-7-17(18)13-20-19/h1-11,19H,12-13H2/t19-/m0/s1. The van der Waals surface area contributed by atoms with Crippen LogP contribution in [0.3, 0.4) is 0 Å². The lowest BCUT2D eigenvalue weighted by Crippen LogP contribution is -1.95. The third-order valence-corrected chi connectivity index (χ3v) is 5.38. The molecule has 0 amide bonds. The van der Waals surface area contributed by atoms with Gasteiger partial charge in [0, 0.05) is 11.0 Å². The molecule has 0 bridgehead atoms. The minimum Gasteiger partial charge on any atom is -0.149 e. The second kappa shape index (κ2) is 4.99. The van der Waals surface area contributed by atoms with E-state index in [-0.39, 0.29) is 0 Å². The molecule has 0 fully saturated rings. The van der Waals surface area contributed by atoms with Gasteiger partial charge < -0.3 is 0 Å². The first-order chi connectivity index (χ1) is 9.90. The monoisotopic (exact) mass is 276 g/mol. The van der Waals surface area contributed by atoms with E-state index >= 15 is 0 Å². The average Bonchev–Trinajstić information content (AvgIpc) is 2.91. The molecule has 1 atom stereocenters. The van der Waals surface area contributed by atoms with Crippen molar-refractivity contribution in [3.8, 4) is 0 Å². The highest BCUT2D eigenvalue weighted by atomic mass is 32.2. The van der Waals surface area contributed by atoms with Crippen molar-refractivity contribution >= 4 is 22.5 Å². The predicted molar refractivity (Wildman–Crippen MR) is 88.1 cm³/mol. The molecule has 1 aliphatic rings. The van der Waals surface area contributed by atoms with Gasteiger partial charge in [-0.2, -0.15) is 0 Å². The fraction of sp³-hybridized carbons (Fsp3) is 0.158. The zero-order chi connectivity index (χ0) is 13.4. The van der Waals surface area contributed by atoms with Gasteiger partial charge in [-0.15, -0.1) is 11.8 Å². The first kappa shape index (κ1) is 12.0. The first-order valence-electron chi connectivity index (χ1n) is 7.07. The molecular formula is C19H16S. The fourth-order valence-corrected chi connectivity index (χ4v) is 4.37. The second-order valence-corrected chi connectivity index (χ2v) is 6.58. The highest BCUT2D eigenvalue weighted by Crippen LogP contribution is 2.43. The Hall–Kier alpha value is -1.73. The molecule has 3 aromatic rings. The number of rotatable bonds is 2. The summed E-state index contributed by atoms with van der Waals surface area (Å²) in [5.41, 5.74) is 4.49. The summed E-state index contributed by atoms with van der Waals surface area (Å²) < 4.78 is 0. The Morgan fingerprint density at radius 1 is 0.850 bits per heavy atom. The molecule has 0 unspecified atom stereocenters. The third kappa shape index (κ3) is 2.12. The summed E-state index contributed by atoms with van der Waals surface area (Å²) in [5.74, 6) is 1.16. The lowest BCUT2D eigenvalue weighted by atomic mass is 9.99. The molecule has 0 N–H and O–H groups in total. The van der Waals surface area contributed by atoms with Crippen molar-refractivity contribution in [1.82, 2.24) is 0 Å². The zero-order valence-corrected chi connectivity index (χ0v) is 12.1. The largest absolute Gasteiger partial charge is 0.149 e. The molecule has 0 spiro atoms. The van der Waals surface area contributed by atoms with E-state index in [0.29, 0.717) is 5.25 Å². The van der Waals surface area contributed by atoms with Gasteiger partial charge in [0.2, 0.25) is 0 Å². The van der Waals surface area contributed by atoms with Gasteiger partial charge in [0.05, 0.1) is 0 Å². The van der Waals surface area contributed by atoms with Gasteiger partial charge in [-0.3, -0.25) is 0 Å². The maximum atomic E-state index is 2.34. The summed E-state index contributed by atoms with van der Waals surface area (Å²) in [6.45, 7) is 0.